The molecule has 0 heterocycles. The topological polar surface area (TPSA) is 66.8 Å². The predicted octanol–water partition coefficient (Wildman–Crippen LogP) is 5.58. The minimum absolute atomic E-state index is 0.199. The van der Waals surface area contributed by atoms with Gasteiger partial charge in [0, 0.05) is 6.42 Å². The fourth-order valence-corrected chi connectivity index (χ4v) is 2.45. The van der Waals surface area contributed by atoms with Crippen LogP contribution >= 0.6 is 0 Å². The van der Waals surface area contributed by atoms with Gasteiger partial charge < -0.3 is 5.11 Å². The number of carboxylic acid groups (broad SMARTS) is 1. The lowest BCUT2D eigenvalue weighted by atomic mass is 10.1. The monoisotopic (exact) mass is 314 g/mol. The van der Waals surface area contributed by atoms with Crippen molar-refractivity contribution in [3.8, 4) is 0 Å². The van der Waals surface area contributed by atoms with Gasteiger partial charge in [-0.1, -0.05) is 70.4 Å². The third kappa shape index (κ3) is 15.5. The summed E-state index contributed by atoms with van der Waals surface area (Å²) in [7, 11) is 0. The van der Waals surface area contributed by atoms with Crippen LogP contribution in [0.1, 0.15) is 90.4 Å². The number of aliphatic carboxylic acids is 1. The maximum Gasteiger partial charge on any atom is 0.303 e. The van der Waals surface area contributed by atoms with Gasteiger partial charge in [-0.2, -0.15) is 0 Å². The van der Waals surface area contributed by atoms with Gasteiger partial charge in [0.2, 0.25) is 0 Å². The van der Waals surface area contributed by atoms with Crippen LogP contribution in [0.5, 0.6) is 0 Å². The zero-order chi connectivity index (χ0) is 16.5. The van der Waals surface area contributed by atoms with E-state index in [1.807, 2.05) is 6.08 Å². The molecule has 0 rings (SSSR count). The molecule has 1 unspecified atom stereocenters. The SMILES string of the molecule is CCCCCCC/C=C/C(CCCCCCCC(=O)O)OO. The second-order valence-corrected chi connectivity index (χ2v) is 5.98. The van der Waals surface area contributed by atoms with Crippen molar-refractivity contribution < 1.29 is 20.0 Å². The van der Waals surface area contributed by atoms with Crippen molar-refractivity contribution in [2.45, 2.75) is 96.5 Å². The van der Waals surface area contributed by atoms with Gasteiger partial charge in [0.25, 0.3) is 0 Å². The lowest BCUT2D eigenvalue weighted by Gasteiger charge is -2.08. The van der Waals surface area contributed by atoms with E-state index < -0.39 is 5.97 Å². The number of carbonyl (C=O) groups is 1. The molecule has 0 bridgehead atoms. The van der Waals surface area contributed by atoms with Crippen LogP contribution in [-0.2, 0) is 9.68 Å². The third-order valence-electron chi connectivity index (χ3n) is 3.84. The van der Waals surface area contributed by atoms with Crippen LogP contribution in [0.2, 0.25) is 0 Å². The normalized spacial score (nSPS) is 12.8. The standard InChI is InChI=1S/C18H34O4/c1-2-3-4-5-6-8-11-14-17(22-21)15-12-9-7-10-13-16-18(19)20/h11,14,17,21H,2-10,12-13,15-16H2,1H3,(H,19,20)/b14-11+. The Bertz CT molecular complexity index is 276. The molecule has 0 radical (unpaired) electrons. The number of hydrogen-bond donors (Lipinski definition) is 2. The summed E-state index contributed by atoms with van der Waals surface area (Å²) in [6.45, 7) is 2.22. The molecule has 0 aliphatic rings. The average Bonchev–Trinajstić information content (AvgIpc) is 2.50. The van der Waals surface area contributed by atoms with Crippen LogP contribution in [0.3, 0.4) is 0 Å². The minimum Gasteiger partial charge on any atom is -0.481 e. The number of hydrogen-bond acceptors (Lipinski definition) is 3. The van der Waals surface area contributed by atoms with Gasteiger partial charge in [0.15, 0.2) is 0 Å². The highest BCUT2D eigenvalue weighted by Gasteiger charge is 2.04. The third-order valence-corrected chi connectivity index (χ3v) is 3.84. The Morgan fingerprint density at radius 2 is 1.64 bits per heavy atom. The molecule has 0 spiro atoms. The molecule has 0 amide bonds. The molecular formula is C18H34O4. The van der Waals surface area contributed by atoms with E-state index in [4.69, 9.17) is 10.4 Å². The fraction of sp³-hybridized carbons (Fsp3) is 0.833. The quantitative estimate of drug-likeness (QED) is 0.169. The van der Waals surface area contributed by atoms with Crippen LogP contribution in [0.15, 0.2) is 12.2 Å². The highest BCUT2D eigenvalue weighted by molar-refractivity contribution is 5.66. The van der Waals surface area contributed by atoms with Gasteiger partial charge in [0.05, 0.1) is 0 Å². The van der Waals surface area contributed by atoms with Crippen molar-refractivity contribution >= 4 is 5.97 Å². The predicted molar refractivity (Wildman–Crippen MR) is 90.0 cm³/mol. The lowest BCUT2D eigenvalue weighted by Crippen LogP contribution is -2.06. The number of rotatable bonds is 16. The van der Waals surface area contributed by atoms with Gasteiger partial charge >= 0.3 is 5.97 Å². The van der Waals surface area contributed by atoms with E-state index >= 15 is 0 Å². The van der Waals surface area contributed by atoms with Gasteiger partial charge in [-0.05, 0) is 25.7 Å². The summed E-state index contributed by atoms with van der Waals surface area (Å²) in [5, 5.41) is 17.4. The van der Waals surface area contributed by atoms with Gasteiger partial charge in [-0.25, -0.2) is 4.89 Å². The second kappa shape index (κ2) is 16.5. The Labute approximate surface area is 135 Å². The Kier molecular flexibility index (Phi) is 15.8. The summed E-state index contributed by atoms with van der Waals surface area (Å²) in [5.74, 6) is -0.714. The van der Waals surface area contributed by atoms with E-state index in [-0.39, 0.29) is 12.5 Å². The minimum atomic E-state index is -0.714. The molecule has 0 aromatic heterocycles. The first-order valence-corrected chi connectivity index (χ1v) is 8.89. The maximum atomic E-state index is 10.4. The van der Waals surface area contributed by atoms with Gasteiger partial charge in [-0.15, -0.1) is 0 Å². The highest BCUT2D eigenvalue weighted by Crippen LogP contribution is 2.12. The Morgan fingerprint density at radius 3 is 2.32 bits per heavy atom. The zero-order valence-electron chi connectivity index (χ0n) is 14.1. The van der Waals surface area contributed by atoms with Crippen molar-refractivity contribution in [2.24, 2.45) is 0 Å². The first kappa shape index (κ1) is 21.1. The molecule has 22 heavy (non-hydrogen) atoms. The van der Waals surface area contributed by atoms with Gasteiger partial charge in [0.1, 0.15) is 6.10 Å². The Hall–Kier alpha value is -0.870. The first-order chi connectivity index (χ1) is 10.7. The summed E-state index contributed by atoms with van der Waals surface area (Å²) in [6, 6.07) is 0. The summed E-state index contributed by atoms with van der Waals surface area (Å²) in [4.78, 5) is 14.9. The van der Waals surface area contributed by atoms with E-state index in [1.165, 1.54) is 32.1 Å². The van der Waals surface area contributed by atoms with Crippen LogP contribution in [-0.4, -0.2) is 22.4 Å². The number of carboxylic acids is 1. The molecule has 0 aromatic carbocycles. The molecule has 0 aliphatic carbocycles. The Morgan fingerprint density at radius 1 is 1.00 bits per heavy atom. The molecule has 4 nitrogen and oxygen atoms in total. The molecule has 0 fully saturated rings. The highest BCUT2D eigenvalue weighted by atomic mass is 17.1. The van der Waals surface area contributed by atoms with Crippen LogP contribution < -0.4 is 0 Å². The second-order valence-electron chi connectivity index (χ2n) is 5.98. The summed E-state index contributed by atoms with van der Waals surface area (Å²) < 4.78 is 0. The molecular weight excluding hydrogens is 280 g/mol. The van der Waals surface area contributed by atoms with Crippen LogP contribution in [0, 0.1) is 0 Å². The number of allylic oxidation sites excluding steroid dienone is 1. The molecule has 130 valence electrons. The van der Waals surface area contributed by atoms with E-state index in [9.17, 15) is 4.79 Å². The van der Waals surface area contributed by atoms with E-state index in [1.54, 1.807) is 0 Å². The van der Waals surface area contributed by atoms with Crippen molar-refractivity contribution in [1.29, 1.82) is 0 Å². The van der Waals surface area contributed by atoms with Crippen LogP contribution in [0.25, 0.3) is 0 Å². The van der Waals surface area contributed by atoms with E-state index in [0.717, 1.165) is 44.9 Å². The molecule has 0 saturated heterocycles. The zero-order valence-corrected chi connectivity index (χ0v) is 14.1. The smallest absolute Gasteiger partial charge is 0.303 e. The summed E-state index contributed by atoms with van der Waals surface area (Å²) in [5.41, 5.74) is 0. The lowest BCUT2D eigenvalue weighted by molar-refractivity contribution is -0.267. The molecule has 4 heteroatoms. The van der Waals surface area contributed by atoms with Gasteiger partial charge in [-0.3, -0.25) is 10.1 Å². The van der Waals surface area contributed by atoms with Crippen molar-refractivity contribution in [2.75, 3.05) is 0 Å². The van der Waals surface area contributed by atoms with Crippen molar-refractivity contribution in [1.82, 2.24) is 0 Å². The molecule has 0 saturated carbocycles. The number of unbranched alkanes of at least 4 members (excludes halogenated alkanes) is 9. The largest absolute Gasteiger partial charge is 0.481 e. The van der Waals surface area contributed by atoms with Crippen molar-refractivity contribution in [3.05, 3.63) is 12.2 Å². The van der Waals surface area contributed by atoms with E-state index in [0.29, 0.717) is 0 Å². The molecule has 0 aliphatic heterocycles. The van der Waals surface area contributed by atoms with Crippen molar-refractivity contribution in [3.63, 3.8) is 0 Å². The Balaban J connectivity index is 3.47. The summed E-state index contributed by atoms with van der Waals surface area (Å²) >= 11 is 0. The first-order valence-electron chi connectivity index (χ1n) is 8.89. The van der Waals surface area contributed by atoms with Crippen LogP contribution in [0.4, 0.5) is 0 Å². The molecule has 1 atom stereocenters. The van der Waals surface area contributed by atoms with E-state index in [2.05, 4.69) is 17.9 Å². The summed E-state index contributed by atoms with van der Waals surface area (Å²) in [6.07, 6.45) is 17.2. The average molecular weight is 314 g/mol. The maximum absolute atomic E-state index is 10.4. The molecule has 0 aromatic rings. The molecule has 2 N–H and O–H groups in total. The fourth-order valence-electron chi connectivity index (χ4n) is 2.45.